The second kappa shape index (κ2) is 9.07. The molecule has 34 heavy (non-hydrogen) atoms. The van der Waals surface area contributed by atoms with Crippen LogP contribution in [0.15, 0.2) is 51.8 Å². The van der Waals surface area contributed by atoms with Gasteiger partial charge in [-0.05, 0) is 56.2 Å². The number of sulfonamides is 1. The number of amides is 1. The number of anilines is 1. The van der Waals surface area contributed by atoms with Crippen molar-refractivity contribution in [2.24, 2.45) is 0 Å². The number of alkyl halides is 3. The maximum Gasteiger partial charge on any atom is 0.416 e. The van der Waals surface area contributed by atoms with E-state index in [4.69, 9.17) is 4.42 Å². The van der Waals surface area contributed by atoms with Crippen LogP contribution in [-0.4, -0.2) is 31.7 Å². The normalized spacial score (nSPS) is 15.7. The van der Waals surface area contributed by atoms with Gasteiger partial charge in [-0.1, -0.05) is 25.3 Å². The minimum Gasteiger partial charge on any atom is -0.451 e. The summed E-state index contributed by atoms with van der Waals surface area (Å²) in [4.78, 5) is 12.8. The summed E-state index contributed by atoms with van der Waals surface area (Å²) < 4.78 is 72.3. The van der Waals surface area contributed by atoms with Crippen LogP contribution in [0.5, 0.6) is 0 Å². The minimum atomic E-state index is -4.54. The molecule has 1 N–H and O–H groups in total. The van der Waals surface area contributed by atoms with Crippen molar-refractivity contribution in [3.05, 3.63) is 59.4 Å². The molecule has 1 aliphatic carbocycles. The van der Waals surface area contributed by atoms with Gasteiger partial charge in [0, 0.05) is 29.7 Å². The molecule has 2 aromatic carbocycles. The van der Waals surface area contributed by atoms with Gasteiger partial charge in [0.1, 0.15) is 5.58 Å². The van der Waals surface area contributed by atoms with Gasteiger partial charge in [-0.2, -0.15) is 17.5 Å². The van der Waals surface area contributed by atoms with E-state index in [9.17, 15) is 26.4 Å². The predicted molar refractivity (Wildman–Crippen MR) is 122 cm³/mol. The topological polar surface area (TPSA) is 79.6 Å². The fraction of sp³-hybridized carbons (Fsp3) is 0.375. The van der Waals surface area contributed by atoms with Gasteiger partial charge in [0.05, 0.1) is 10.5 Å². The number of halogens is 3. The summed E-state index contributed by atoms with van der Waals surface area (Å²) in [5.41, 5.74) is -0.205. The molecule has 0 bridgehead atoms. The summed E-state index contributed by atoms with van der Waals surface area (Å²) in [6.07, 6.45) is 0.202. The molecule has 1 fully saturated rings. The number of carbonyl (C=O) groups excluding carboxylic acids is 1. The zero-order valence-electron chi connectivity index (χ0n) is 18.8. The minimum absolute atomic E-state index is 0.0305. The standard InChI is InChI=1S/C24H25F3N2O4S/c1-15-20-14-19(34(31,32)29(2)18-9-4-3-5-10-18)11-12-21(20)33-22(15)23(30)28-17-8-6-7-16(13-17)24(25,26)27/h6-8,11-14,18H,3-5,9-10H2,1-2H3,(H,28,30). The SMILES string of the molecule is Cc1c(C(=O)Nc2cccc(C(F)(F)F)c2)oc2ccc(S(=O)(=O)N(C)C3CCCCC3)cc12. The average Bonchev–Trinajstić information content (AvgIpc) is 3.15. The summed E-state index contributed by atoms with van der Waals surface area (Å²) >= 11 is 0. The number of benzene rings is 2. The van der Waals surface area contributed by atoms with Crippen molar-refractivity contribution < 1.29 is 30.8 Å². The molecular formula is C24H25F3N2O4S. The van der Waals surface area contributed by atoms with E-state index >= 15 is 0 Å². The highest BCUT2D eigenvalue weighted by atomic mass is 32.2. The molecule has 4 rings (SSSR count). The summed E-state index contributed by atoms with van der Waals surface area (Å²) in [5.74, 6) is -0.820. The lowest BCUT2D eigenvalue weighted by Gasteiger charge is -2.30. The summed E-state index contributed by atoms with van der Waals surface area (Å²) in [6, 6.07) is 8.65. The number of rotatable bonds is 5. The van der Waals surface area contributed by atoms with E-state index in [1.54, 1.807) is 14.0 Å². The molecular weight excluding hydrogens is 469 g/mol. The molecule has 1 saturated carbocycles. The first kappa shape index (κ1) is 24.3. The van der Waals surface area contributed by atoms with Crippen molar-refractivity contribution in [1.82, 2.24) is 4.31 Å². The van der Waals surface area contributed by atoms with Gasteiger partial charge in [0.25, 0.3) is 5.91 Å². The van der Waals surface area contributed by atoms with Crippen LogP contribution >= 0.6 is 0 Å². The van der Waals surface area contributed by atoms with E-state index in [1.807, 2.05) is 0 Å². The number of nitrogens with one attached hydrogen (secondary N) is 1. The third kappa shape index (κ3) is 4.69. The van der Waals surface area contributed by atoms with E-state index in [2.05, 4.69) is 5.32 Å². The maximum absolute atomic E-state index is 13.2. The van der Waals surface area contributed by atoms with Gasteiger partial charge in [0.15, 0.2) is 5.76 Å². The summed E-state index contributed by atoms with van der Waals surface area (Å²) in [6.45, 7) is 1.61. The molecule has 182 valence electrons. The zero-order valence-corrected chi connectivity index (χ0v) is 19.6. The Balaban J connectivity index is 1.61. The smallest absolute Gasteiger partial charge is 0.416 e. The number of nitrogens with zero attached hydrogens (tertiary/aromatic N) is 1. The Morgan fingerprint density at radius 2 is 1.79 bits per heavy atom. The van der Waals surface area contributed by atoms with Crippen LogP contribution in [-0.2, 0) is 16.2 Å². The predicted octanol–water partition coefficient (Wildman–Crippen LogP) is 5.97. The Kier molecular flexibility index (Phi) is 6.48. The summed E-state index contributed by atoms with van der Waals surface area (Å²) in [5, 5.41) is 2.87. The van der Waals surface area contributed by atoms with Crippen LogP contribution < -0.4 is 5.32 Å². The highest BCUT2D eigenvalue weighted by Crippen LogP contribution is 2.33. The Hall–Kier alpha value is -2.85. The molecule has 1 amide bonds. The molecule has 0 atom stereocenters. The highest BCUT2D eigenvalue weighted by Gasteiger charge is 2.31. The van der Waals surface area contributed by atoms with Gasteiger partial charge in [-0.15, -0.1) is 0 Å². The van der Waals surface area contributed by atoms with Gasteiger partial charge in [0.2, 0.25) is 10.0 Å². The second-order valence-corrected chi connectivity index (χ2v) is 10.6. The zero-order chi connectivity index (χ0) is 24.7. The van der Waals surface area contributed by atoms with Crippen LogP contribution in [0.25, 0.3) is 11.0 Å². The molecule has 0 unspecified atom stereocenters. The van der Waals surface area contributed by atoms with Gasteiger partial charge in [-0.25, -0.2) is 8.42 Å². The number of hydrogen-bond donors (Lipinski definition) is 1. The van der Waals surface area contributed by atoms with Crippen LogP contribution in [0, 0.1) is 6.92 Å². The lowest BCUT2D eigenvalue weighted by molar-refractivity contribution is -0.137. The lowest BCUT2D eigenvalue weighted by Crippen LogP contribution is -2.38. The molecule has 1 heterocycles. The van der Waals surface area contributed by atoms with Crippen molar-refractivity contribution in [2.75, 3.05) is 12.4 Å². The molecule has 1 aliphatic rings. The van der Waals surface area contributed by atoms with Crippen LogP contribution in [0.1, 0.15) is 53.8 Å². The molecule has 0 saturated heterocycles. The first-order valence-corrected chi connectivity index (χ1v) is 12.4. The van der Waals surface area contributed by atoms with Crippen LogP contribution in [0.2, 0.25) is 0 Å². The molecule has 1 aromatic heterocycles. The second-order valence-electron chi connectivity index (χ2n) is 8.56. The third-order valence-corrected chi connectivity index (χ3v) is 8.23. The Morgan fingerprint density at radius 3 is 2.47 bits per heavy atom. The van der Waals surface area contributed by atoms with E-state index in [-0.39, 0.29) is 22.4 Å². The van der Waals surface area contributed by atoms with E-state index in [0.29, 0.717) is 16.5 Å². The molecule has 6 nitrogen and oxygen atoms in total. The van der Waals surface area contributed by atoms with Crippen molar-refractivity contribution in [1.29, 1.82) is 0 Å². The van der Waals surface area contributed by atoms with Gasteiger partial charge < -0.3 is 9.73 Å². The molecule has 0 spiro atoms. The Bertz CT molecular complexity index is 1330. The van der Waals surface area contributed by atoms with Crippen molar-refractivity contribution >= 4 is 32.6 Å². The van der Waals surface area contributed by atoms with E-state index in [1.165, 1.54) is 34.6 Å². The number of furan rings is 1. The van der Waals surface area contributed by atoms with Gasteiger partial charge >= 0.3 is 6.18 Å². The fourth-order valence-corrected chi connectivity index (χ4v) is 5.79. The molecule has 0 aliphatic heterocycles. The average molecular weight is 495 g/mol. The fourth-order valence-electron chi connectivity index (χ4n) is 4.35. The number of fused-ring (bicyclic) bond motifs is 1. The summed E-state index contributed by atoms with van der Waals surface area (Å²) in [7, 11) is -2.15. The largest absolute Gasteiger partial charge is 0.451 e. The van der Waals surface area contributed by atoms with Crippen molar-refractivity contribution in [3.8, 4) is 0 Å². The quantitative estimate of drug-likeness (QED) is 0.474. The van der Waals surface area contributed by atoms with Crippen LogP contribution in [0.4, 0.5) is 18.9 Å². The first-order chi connectivity index (χ1) is 16.0. The van der Waals surface area contributed by atoms with E-state index in [0.717, 1.165) is 44.2 Å². The van der Waals surface area contributed by atoms with Crippen molar-refractivity contribution in [2.45, 2.75) is 56.1 Å². The third-order valence-electron chi connectivity index (χ3n) is 6.33. The molecule has 3 aromatic rings. The first-order valence-electron chi connectivity index (χ1n) is 11.0. The van der Waals surface area contributed by atoms with E-state index < -0.39 is 27.7 Å². The molecule has 10 heteroatoms. The Morgan fingerprint density at radius 1 is 1.09 bits per heavy atom. The maximum atomic E-state index is 13.2. The lowest BCUT2D eigenvalue weighted by atomic mass is 9.96. The van der Waals surface area contributed by atoms with Crippen LogP contribution in [0.3, 0.4) is 0 Å². The Labute approximate surface area is 195 Å². The number of carbonyl (C=O) groups is 1. The van der Waals surface area contributed by atoms with Crippen molar-refractivity contribution in [3.63, 3.8) is 0 Å². The van der Waals surface area contributed by atoms with Gasteiger partial charge in [-0.3, -0.25) is 4.79 Å². The monoisotopic (exact) mass is 494 g/mol. The number of hydrogen-bond acceptors (Lipinski definition) is 4. The number of aryl methyl sites for hydroxylation is 1. The molecule has 0 radical (unpaired) electrons. The highest BCUT2D eigenvalue weighted by molar-refractivity contribution is 7.89.